The second-order valence-corrected chi connectivity index (χ2v) is 10.3. The number of ether oxygens (including phenoxy) is 3. The molecule has 0 aromatic rings. The van der Waals surface area contributed by atoms with Gasteiger partial charge in [0.1, 0.15) is 13.2 Å². The smallest absolute Gasteiger partial charge is 0.332 e. The fourth-order valence-corrected chi connectivity index (χ4v) is 3.34. The lowest BCUT2D eigenvalue weighted by molar-refractivity contribution is -0.155. The molecule has 0 amide bonds. The Morgan fingerprint density at radius 3 is 1.33 bits per heavy atom. The molecule has 0 heterocycles. The second-order valence-electron chi connectivity index (χ2n) is 10.3. The van der Waals surface area contributed by atoms with Gasteiger partial charge in [-0.05, 0) is 48.3 Å². The Balaban J connectivity index is 3.72. The highest BCUT2D eigenvalue weighted by Gasteiger charge is 2.17. The van der Waals surface area contributed by atoms with Crippen molar-refractivity contribution < 1.29 is 23.8 Å². The molecule has 0 aliphatic rings. The van der Waals surface area contributed by atoms with Gasteiger partial charge in [-0.25, -0.2) is 9.59 Å². The van der Waals surface area contributed by atoms with Crippen molar-refractivity contribution in [2.75, 3.05) is 26.4 Å². The molecule has 0 saturated carbocycles. The Morgan fingerprint density at radius 2 is 1.04 bits per heavy atom. The maximum atomic E-state index is 11.6. The van der Waals surface area contributed by atoms with Crippen molar-refractivity contribution in [1.82, 2.24) is 0 Å². The van der Waals surface area contributed by atoms with Crippen LogP contribution in [-0.4, -0.2) is 38.4 Å². The maximum Gasteiger partial charge on any atom is 0.332 e. The molecular formula is C22H42O5. The molecule has 0 N–H and O–H groups in total. The lowest BCUT2D eigenvalue weighted by Crippen LogP contribution is -2.20. The molecule has 0 aliphatic heterocycles. The van der Waals surface area contributed by atoms with Crippen LogP contribution in [0.5, 0.6) is 0 Å². The minimum absolute atomic E-state index is 0.219. The van der Waals surface area contributed by atoms with Gasteiger partial charge < -0.3 is 14.2 Å². The van der Waals surface area contributed by atoms with E-state index in [-0.39, 0.29) is 24.0 Å². The molecule has 160 valence electrons. The average molecular weight is 387 g/mol. The second kappa shape index (κ2) is 12.4. The van der Waals surface area contributed by atoms with Crippen LogP contribution in [0.25, 0.3) is 0 Å². The molecule has 0 aromatic heterocycles. The van der Waals surface area contributed by atoms with E-state index < -0.39 is 11.9 Å². The van der Waals surface area contributed by atoms with Crippen molar-refractivity contribution in [3.05, 3.63) is 0 Å². The summed E-state index contributed by atoms with van der Waals surface area (Å²) < 4.78 is 15.4. The molecule has 0 fully saturated rings. The molecule has 0 spiro atoms. The fourth-order valence-electron chi connectivity index (χ4n) is 3.34. The normalized spacial score (nSPS) is 14.5. The van der Waals surface area contributed by atoms with E-state index >= 15 is 0 Å². The number of rotatable bonds is 12. The van der Waals surface area contributed by atoms with Gasteiger partial charge >= 0.3 is 11.9 Å². The summed E-state index contributed by atoms with van der Waals surface area (Å²) in [5.74, 6) is 0.109. The number of carbonyl (C=O) groups excluding carboxylic acids is 2. The van der Waals surface area contributed by atoms with E-state index in [0.29, 0.717) is 25.0 Å². The maximum absolute atomic E-state index is 11.6. The third-order valence-corrected chi connectivity index (χ3v) is 4.11. The lowest BCUT2D eigenvalue weighted by Gasteiger charge is -2.23. The van der Waals surface area contributed by atoms with Crippen LogP contribution in [0, 0.1) is 22.7 Å². The van der Waals surface area contributed by atoms with Gasteiger partial charge in [0.05, 0.1) is 13.2 Å². The van der Waals surface area contributed by atoms with Crippen LogP contribution in [0.15, 0.2) is 0 Å². The molecule has 0 bridgehead atoms. The Hall–Kier alpha value is -1.10. The standard InChI is InChI=1S/C22H42O5/c1-17(13-21(3,4)5)9-11-26-19(23)15-25-16-20(24)27-12-10-18(2)14-22(6,7)8/h17-18H,9-16H2,1-8H3. The quantitative estimate of drug-likeness (QED) is 0.441. The fraction of sp³-hybridized carbons (Fsp3) is 0.909. The first-order chi connectivity index (χ1) is 12.3. The number of hydrogen-bond donors (Lipinski definition) is 0. The van der Waals surface area contributed by atoms with Crippen LogP contribution in [0.3, 0.4) is 0 Å². The Labute approximate surface area is 166 Å². The first-order valence-electron chi connectivity index (χ1n) is 10.2. The van der Waals surface area contributed by atoms with Crippen molar-refractivity contribution in [1.29, 1.82) is 0 Å². The van der Waals surface area contributed by atoms with Gasteiger partial charge in [0.2, 0.25) is 0 Å². The summed E-state index contributed by atoms with van der Waals surface area (Å²) in [7, 11) is 0. The Morgan fingerprint density at radius 1 is 0.704 bits per heavy atom. The minimum Gasteiger partial charge on any atom is -0.464 e. The third-order valence-electron chi connectivity index (χ3n) is 4.11. The Kier molecular flexibility index (Phi) is 11.9. The van der Waals surface area contributed by atoms with E-state index in [1.54, 1.807) is 0 Å². The highest BCUT2D eigenvalue weighted by Crippen LogP contribution is 2.26. The van der Waals surface area contributed by atoms with Crippen molar-refractivity contribution in [3.63, 3.8) is 0 Å². The first kappa shape index (κ1) is 25.9. The van der Waals surface area contributed by atoms with E-state index in [1.807, 2.05) is 0 Å². The number of carbonyl (C=O) groups is 2. The number of hydrogen-bond acceptors (Lipinski definition) is 5. The van der Waals surface area contributed by atoms with Crippen LogP contribution < -0.4 is 0 Å². The summed E-state index contributed by atoms with van der Waals surface area (Å²) in [5, 5.41) is 0. The zero-order valence-corrected chi connectivity index (χ0v) is 18.9. The van der Waals surface area contributed by atoms with Gasteiger partial charge in [0.15, 0.2) is 0 Å². The summed E-state index contributed by atoms with van der Waals surface area (Å²) in [5.41, 5.74) is 0.550. The summed E-state index contributed by atoms with van der Waals surface area (Å²) in [6, 6.07) is 0. The van der Waals surface area contributed by atoms with Crippen LogP contribution in [0.1, 0.15) is 81.1 Å². The molecule has 0 aromatic carbocycles. The molecule has 0 radical (unpaired) electrons. The molecule has 0 rings (SSSR count). The molecule has 2 atom stereocenters. The monoisotopic (exact) mass is 386 g/mol. The van der Waals surface area contributed by atoms with Gasteiger partial charge in [-0.1, -0.05) is 55.4 Å². The minimum atomic E-state index is -0.440. The summed E-state index contributed by atoms with van der Waals surface area (Å²) in [6.07, 6.45) is 3.83. The first-order valence-corrected chi connectivity index (χ1v) is 10.2. The molecule has 0 aliphatic carbocycles. The van der Waals surface area contributed by atoms with E-state index in [0.717, 1.165) is 25.7 Å². The molecule has 0 saturated heterocycles. The predicted octanol–water partition coefficient (Wildman–Crippen LogP) is 5.01. The van der Waals surface area contributed by atoms with Gasteiger partial charge in [0, 0.05) is 0 Å². The van der Waals surface area contributed by atoms with Gasteiger partial charge in [-0.15, -0.1) is 0 Å². The third kappa shape index (κ3) is 18.0. The van der Waals surface area contributed by atoms with Crippen molar-refractivity contribution >= 4 is 11.9 Å². The summed E-state index contributed by atoms with van der Waals surface area (Å²) in [4.78, 5) is 23.3. The van der Waals surface area contributed by atoms with Crippen molar-refractivity contribution in [2.24, 2.45) is 22.7 Å². The zero-order chi connectivity index (χ0) is 21.1. The number of esters is 2. The predicted molar refractivity (Wildman–Crippen MR) is 108 cm³/mol. The molecule has 27 heavy (non-hydrogen) atoms. The average Bonchev–Trinajstić information content (AvgIpc) is 2.43. The highest BCUT2D eigenvalue weighted by atomic mass is 16.6. The SMILES string of the molecule is CC(CCOC(=O)COCC(=O)OCCC(C)CC(C)(C)C)CC(C)(C)C. The van der Waals surface area contributed by atoms with Crippen LogP contribution in [-0.2, 0) is 23.8 Å². The zero-order valence-electron chi connectivity index (χ0n) is 18.9. The van der Waals surface area contributed by atoms with E-state index in [4.69, 9.17) is 14.2 Å². The van der Waals surface area contributed by atoms with E-state index in [1.165, 1.54) is 0 Å². The summed E-state index contributed by atoms with van der Waals surface area (Å²) >= 11 is 0. The van der Waals surface area contributed by atoms with Crippen molar-refractivity contribution in [2.45, 2.75) is 81.1 Å². The topological polar surface area (TPSA) is 61.8 Å². The van der Waals surface area contributed by atoms with E-state index in [9.17, 15) is 9.59 Å². The lowest BCUT2D eigenvalue weighted by atomic mass is 9.84. The Bertz CT molecular complexity index is 391. The molecule has 5 heteroatoms. The van der Waals surface area contributed by atoms with Gasteiger partial charge in [-0.3, -0.25) is 0 Å². The van der Waals surface area contributed by atoms with Crippen LogP contribution >= 0.6 is 0 Å². The highest BCUT2D eigenvalue weighted by molar-refractivity contribution is 5.73. The van der Waals surface area contributed by atoms with Crippen molar-refractivity contribution in [3.8, 4) is 0 Å². The van der Waals surface area contributed by atoms with Crippen LogP contribution in [0.2, 0.25) is 0 Å². The van der Waals surface area contributed by atoms with Crippen LogP contribution in [0.4, 0.5) is 0 Å². The van der Waals surface area contributed by atoms with Gasteiger partial charge in [0.25, 0.3) is 0 Å². The largest absolute Gasteiger partial charge is 0.464 e. The molecule has 5 nitrogen and oxygen atoms in total. The summed E-state index contributed by atoms with van der Waals surface area (Å²) in [6.45, 7) is 17.9. The van der Waals surface area contributed by atoms with Gasteiger partial charge in [-0.2, -0.15) is 0 Å². The van der Waals surface area contributed by atoms with E-state index in [2.05, 4.69) is 55.4 Å². The molecule has 2 unspecified atom stereocenters. The molecular weight excluding hydrogens is 344 g/mol.